The second-order valence-corrected chi connectivity index (χ2v) is 6.48. The minimum absolute atomic E-state index is 0.695. The van der Waals surface area contributed by atoms with Crippen LogP contribution in [0.25, 0.3) is 0 Å². The molecule has 124 valence electrons. The predicted octanol–water partition coefficient (Wildman–Crippen LogP) is 5.23. The van der Waals surface area contributed by atoms with Gasteiger partial charge in [0.1, 0.15) is 0 Å². The number of rotatable bonds is 2. The molecule has 1 aliphatic heterocycles. The van der Waals surface area contributed by atoms with Crippen molar-refractivity contribution in [1.82, 2.24) is 0 Å². The van der Waals surface area contributed by atoms with E-state index >= 15 is 0 Å². The molecule has 0 unspecified atom stereocenters. The Morgan fingerprint density at radius 1 is 0.880 bits per heavy atom. The van der Waals surface area contributed by atoms with Crippen molar-refractivity contribution in [3.63, 3.8) is 0 Å². The summed E-state index contributed by atoms with van der Waals surface area (Å²) in [5.41, 5.74) is 2.36. The molecule has 0 aromatic heterocycles. The minimum Gasteiger partial charge on any atom is -0.356 e. The maximum absolute atomic E-state index is 6.07. The maximum Gasteiger partial charge on any atom is 0.254 e. The van der Waals surface area contributed by atoms with Crippen LogP contribution < -0.4 is 4.90 Å². The molecule has 2 aliphatic rings. The zero-order valence-corrected chi connectivity index (χ0v) is 14.5. The third-order valence-corrected chi connectivity index (χ3v) is 4.49. The lowest BCUT2D eigenvalue weighted by Gasteiger charge is -2.32. The van der Waals surface area contributed by atoms with Gasteiger partial charge in [-0.05, 0) is 43.3 Å². The van der Waals surface area contributed by atoms with Gasteiger partial charge in [0, 0.05) is 16.3 Å². The Morgan fingerprint density at radius 2 is 1.52 bits per heavy atom. The van der Waals surface area contributed by atoms with Crippen molar-refractivity contribution in [2.45, 2.75) is 12.6 Å². The summed E-state index contributed by atoms with van der Waals surface area (Å²) in [6, 6.07) is 16.0. The molecule has 0 atom stereocenters. The fourth-order valence-electron chi connectivity index (χ4n) is 2.94. The second-order valence-electron chi connectivity index (χ2n) is 6.04. The lowest BCUT2D eigenvalue weighted by atomic mass is 10.1. The zero-order valence-electron chi connectivity index (χ0n) is 13.8. The molecule has 2 aromatic rings. The van der Waals surface area contributed by atoms with Gasteiger partial charge in [-0.15, -0.1) is 0 Å². The summed E-state index contributed by atoms with van der Waals surface area (Å²) in [5, 5.41) is 5.11. The molecule has 0 saturated heterocycles. The summed E-state index contributed by atoms with van der Waals surface area (Å²) in [7, 11) is 0. The molecule has 0 N–H and O–H groups in total. The average Bonchev–Trinajstić information content (AvgIpc) is 2.82. The number of oxime groups is 1. The largest absolute Gasteiger partial charge is 0.356 e. The zero-order chi connectivity index (χ0) is 17.3. The minimum atomic E-state index is -0.794. The molecule has 4 rings (SSSR count). The first-order valence-electron chi connectivity index (χ1n) is 8.11. The average molecular weight is 349 g/mol. The van der Waals surface area contributed by atoms with E-state index in [2.05, 4.69) is 41.2 Å². The molecule has 4 heteroatoms. The van der Waals surface area contributed by atoms with Gasteiger partial charge in [0.05, 0.1) is 0 Å². The molecule has 0 fully saturated rings. The highest BCUT2D eigenvalue weighted by molar-refractivity contribution is 6.30. The molecule has 3 nitrogen and oxygen atoms in total. The van der Waals surface area contributed by atoms with Gasteiger partial charge in [0.2, 0.25) is 0 Å². The van der Waals surface area contributed by atoms with Gasteiger partial charge in [-0.2, -0.15) is 0 Å². The first-order valence-corrected chi connectivity index (χ1v) is 8.48. The van der Waals surface area contributed by atoms with Crippen molar-refractivity contribution in [2.24, 2.45) is 5.16 Å². The molecule has 1 spiro atoms. The third kappa shape index (κ3) is 2.87. The summed E-state index contributed by atoms with van der Waals surface area (Å²) in [6.07, 6.45) is 11.9. The Morgan fingerprint density at radius 3 is 2.16 bits per heavy atom. The van der Waals surface area contributed by atoms with Crippen LogP contribution in [0.2, 0.25) is 5.02 Å². The number of benzene rings is 2. The molecular formula is C21H17ClN2O. The van der Waals surface area contributed by atoms with Crippen LogP contribution >= 0.6 is 11.6 Å². The first kappa shape index (κ1) is 15.7. The van der Waals surface area contributed by atoms with Gasteiger partial charge < -0.3 is 4.84 Å². The van der Waals surface area contributed by atoms with E-state index in [0.717, 1.165) is 17.1 Å². The standard InChI is InChI=1S/C21H17ClN2O/c1-16-6-8-17(9-7-16)20-23-25-21(14-4-2-3-5-15-21)24(20)19-12-10-18(22)11-13-19/h2-15H,1H3. The van der Waals surface area contributed by atoms with Gasteiger partial charge in [-0.1, -0.05) is 70.9 Å². The highest BCUT2D eigenvalue weighted by Gasteiger charge is 2.43. The van der Waals surface area contributed by atoms with Crippen molar-refractivity contribution in [1.29, 1.82) is 0 Å². The molecular weight excluding hydrogens is 332 g/mol. The van der Waals surface area contributed by atoms with Crippen molar-refractivity contribution < 1.29 is 4.84 Å². The Balaban J connectivity index is 1.84. The van der Waals surface area contributed by atoms with Crippen LogP contribution in [0.5, 0.6) is 0 Å². The van der Waals surface area contributed by atoms with Gasteiger partial charge in [0.15, 0.2) is 5.84 Å². The topological polar surface area (TPSA) is 24.8 Å². The lowest BCUT2D eigenvalue weighted by molar-refractivity contribution is 0.0608. The fraction of sp³-hybridized carbons (Fsp3) is 0.0952. The molecule has 0 saturated carbocycles. The Hall–Kier alpha value is -2.78. The number of hydrogen-bond donors (Lipinski definition) is 0. The molecule has 0 bridgehead atoms. The van der Waals surface area contributed by atoms with E-state index in [0.29, 0.717) is 5.02 Å². The summed E-state index contributed by atoms with van der Waals surface area (Å²) in [5.74, 6) is 0.763. The summed E-state index contributed by atoms with van der Waals surface area (Å²) in [6.45, 7) is 2.07. The van der Waals surface area contributed by atoms with E-state index in [9.17, 15) is 0 Å². The first-order chi connectivity index (χ1) is 12.2. The molecule has 25 heavy (non-hydrogen) atoms. The normalized spacial score (nSPS) is 17.5. The summed E-state index contributed by atoms with van der Waals surface area (Å²) >= 11 is 6.07. The Labute approximate surface area is 152 Å². The van der Waals surface area contributed by atoms with E-state index < -0.39 is 5.72 Å². The van der Waals surface area contributed by atoms with E-state index in [4.69, 9.17) is 16.4 Å². The smallest absolute Gasteiger partial charge is 0.254 e. The highest BCUT2D eigenvalue weighted by atomic mass is 35.5. The predicted molar refractivity (Wildman–Crippen MR) is 103 cm³/mol. The third-order valence-electron chi connectivity index (χ3n) is 4.24. The fourth-order valence-corrected chi connectivity index (χ4v) is 3.07. The molecule has 1 aliphatic carbocycles. The van der Waals surface area contributed by atoms with Crippen LogP contribution in [-0.2, 0) is 4.84 Å². The van der Waals surface area contributed by atoms with Crippen LogP contribution in [0, 0.1) is 6.92 Å². The molecule has 2 aromatic carbocycles. The van der Waals surface area contributed by atoms with Crippen molar-refractivity contribution in [2.75, 3.05) is 4.90 Å². The van der Waals surface area contributed by atoms with E-state index in [-0.39, 0.29) is 0 Å². The Bertz CT molecular complexity index is 876. The number of allylic oxidation sites excluding steroid dienone is 4. The van der Waals surface area contributed by atoms with Crippen LogP contribution in [0.1, 0.15) is 11.1 Å². The van der Waals surface area contributed by atoms with Crippen molar-refractivity contribution in [3.8, 4) is 0 Å². The van der Waals surface area contributed by atoms with Gasteiger partial charge in [-0.3, -0.25) is 4.90 Å². The SMILES string of the molecule is Cc1ccc(C2=NOC3(C=CC=CC=C3)N2c2ccc(Cl)cc2)cc1. The molecule has 0 amide bonds. The van der Waals surface area contributed by atoms with Gasteiger partial charge in [0.25, 0.3) is 5.72 Å². The van der Waals surface area contributed by atoms with Gasteiger partial charge in [-0.25, -0.2) is 0 Å². The number of hydrogen-bond acceptors (Lipinski definition) is 3. The number of anilines is 1. The molecule has 0 radical (unpaired) electrons. The van der Waals surface area contributed by atoms with Crippen LogP contribution in [-0.4, -0.2) is 11.6 Å². The van der Waals surface area contributed by atoms with E-state index in [1.807, 2.05) is 60.7 Å². The van der Waals surface area contributed by atoms with Gasteiger partial charge >= 0.3 is 0 Å². The van der Waals surface area contributed by atoms with E-state index in [1.54, 1.807) is 0 Å². The van der Waals surface area contributed by atoms with Crippen LogP contribution in [0.4, 0.5) is 5.69 Å². The van der Waals surface area contributed by atoms with Crippen LogP contribution in [0.3, 0.4) is 0 Å². The molecule has 1 heterocycles. The summed E-state index contributed by atoms with van der Waals surface area (Å²) in [4.78, 5) is 8.00. The second kappa shape index (κ2) is 6.26. The van der Waals surface area contributed by atoms with Crippen LogP contribution in [0.15, 0.2) is 90.1 Å². The number of aryl methyl sites for hydroxylation is 1. The number of halogens is 1. The number of nitrogens with zero attached hydrogens (tertiary/aromatic N) is 2. The maximum atomic E-state index is 6.07. The quantitative estimate of drug-likeness (QED) is 0.742. The van der Waals surface area contributed by atoms with E-state index in [1.165, 1.54) is 5.56 Å². The highest BCUT2D eigenvalue weighted by Crippen LogP contribution is 2.36. The lowest BCUT2D eigenvalue weighted by Crippen LogP contribution is -2.46. The number of amidine groups is 1. The van der Waals surface area contributed by atoms with Crippen molar-refractivity contribution in [3.05, 3.63) is 101 Å². The summed E-state index contributed by atoms with van der Waals surface area (Å²) < 4.78 is 0. The van der Waals surface area contributed by atoms with Crippen molar-refractivity contribution >= 4 is 23.1 Å². The Kier molecular flexibility index (Phi) is 3.94. The monoisotopic (exact) mass is 348 g/mol.